The van der Waals surface area contributed by atoms with Crippen molar-refractivity contribution in [1.82, 2.24) is 46.8 Å². The maximum atomic E-state index is 13.4. The van der Waals surface area contributed by atoms with Gasteiger partial charge < -0.3 is 36.9 Å². The Morgan fingerprint density at radius 3 is 2.07 bits per heavy atom. The molecule has 1 heterocycles. The highest BCUT2D eigenvalue weighted by Gasteiger charge is 2.31. The summed E-state index contributed by atoms with van der Waals surface area (Å²) in [5.41, 5.74) is 0.840. The molecule has 4 amide bonds. The lowest BCUT2D eigenvalue weighted by atomic mass is 9.95. The van der Waals surface area contributed by atoms with Crippen molar-refractivity contribution in [3.63, 3.8) is 0 Å². The molecule has 0 aliphatic rings. The predicted molar refractivity (Wildman–Crippen MR) is 165 cm³/mol. The number of carbonyl (C=O) groups excluding carboxylic acids is 4. The van der Waals surface area contributed by atoms with Gasteiger partial charge in [0, 0.05) is 63.5 Å². The first-order chi connectivity index (χ1) is 20.0. The van der Waals surface area contributed by atoms with Gasteiger partial charge in [-0.05, 0) is 32.4 Å². The lowest BCUT2D eigenvalue weighted by molar-refractivity contribution is -0.134. The van der Waals surface area contributed by atoms with Crippen LogP contribution in [0.25, 0.3) is 0 Å². The summed E-state index contributed by atoms with van der Waals surface area (Å²) in [5.74, 6) is -1.41. The van der Waals surface area contributed by atoms with E-state index in [9.17, 15) is 19.2 Å². The number of nitrogens with zero attached hydrogens (tertiary/aromatic N) is 2. The van der Waals surface area contributed by atoms with E-state index >= 15 is 0 Å². The molecular formula is C29H55N9O4. The largest absolute Gasteiger partial charge is 0.353 e. The standard InChI is InChI=1S/C29H55N9O4/c1-8-21(4)26(37-27(40)22(5)16-23-17-32-19-35-23)29(42)36-24(15-20(2)3)28(41)34-10-9-33-25(39)18-38(13-11-30-6)14-12-31-7/h17,19-22,24,26,30-31H,8-16,18H2,1-7H3,(H,32,35)(H,33,39)(H,34,41)(H,36,42)(H,37,40). The Hall–Kier alpha value is -3.03. The molecule has 42 heavy (non-hydrogen) atoms. The molecule has 0 radical (unpaired) electrons. The Morgan fingerprint density at radius 1 is 0.881 bits per heavy atom. The van der Waals surface area contributed by atoms with E-state index in [-0.39, 0.29) is 61.0 Å². The van der Waals surface area contributed by atoms with E-state index in [2.05, 4.69) is 46.8 Å². The number of aromatic nitrogens is 2. The minimum atomic E-state index is -0.776. The van der Waals surface area contributed by atoms with Crippen LogP contribution in [0.3, 0.4) is 0 Å². The number of likely N-dealkylation sites (N-methyl/N-ethyl adjacent to an activating group) is 2. The number of hydrogen-bond acceptors (Lipinski definition) is 8. The number of H-pyrrole nitrogens is 1. The molecular weight excluding hydrogens is 538 g/mol. The number of aromatic amines is 1. The zero-order valence-corrected chi connectivity index (χ0v) is 26.6. The fourth-order valence-corrected chi connectivity index (χ4v) is 4.36. The molecule has 0 spiro atoms. The molecule has 13 heteroatoms. The van der Waals surface area contributed by atoms with E-state index in [1.807, 2.05) is 41.8 Å². The molecule has 1 rings (SSSR count). The quantitative estimate of drug-likeness (QED) is 0.0892. The van der Waals surface area contributed by atoms with Crippen molar-refractivity contribution in [2.24, 2.45) is 17.8 Å². The van der Waals surface area contributed by atoms with E-state index in [4.69, 9.17) is 0 Å². The normalized spacial score (nSPS) is 14.2. The third-order valence-electron chi connectivity index (χ3n) is 7.13. The van der Waals surface area contributed by atoms with Crippen molar-refractivity contribution >= 4 is 23.6 Å². The number of rotatable bonds is 22. The summed E-state index contributed by atoms with van der Waals surface area (Å²) in [5, 5.41) is 17.7. The molecule has 0 bridgehead atoms. The van der Waals surface area contributed by atoms with Crippen LogP contribution in [0.2, 0.25) is 0 Å². The zero-order valence-electron chi connectivity index (χ0n) is 26.6. The van der Waals surface area contributed by atoms with Crippen LogP contribution in [0, 0.1) is 17.8 Å². The van der Waals surface area contributed by atoms with Crippen LogP contribution in [0.15, 0.2) is 12.5 Å². The number of hydrogen-bond donors (Lipinski definition) is 7. The van der Waals surface area contributed by atoms with E-state index < -0.39 is 12.1 Å². The van der Waals surface area contributed by atoms with Gasteiger partial charge in [-0.2, -0.15) is 0 Å². The summed E-state index contributed by atoms with van der Waals surface area (Å²) in [7, 11) is 3.75. The highest BCUT2D eigenvalue weighted by atomic mass is 16.2. The molecule has 1 aromatic rings. The number of imidazole rings is 1. The van der Waals surface area contributed by atoms with Crippen LogP contribution < -0.4 is 31.9 Å². The third-order valence-corrected chi connectivity index (χ3v) is 7.13. The lowest BCUT2D eigenvalue weighted by Gasteiger charge is -2.28. The molecule has 0 saturated carbocycles. The molecule has 0 aromatic carbocycles. The molecule has 0 saturated heterocycles. The van der Waals surface area contributed by atoms with Crippen molar-refractivity contribution in [2.75, 3.05) is 59.9 Å². The van der Waals surface area contributed by atoms with Gasteiger partial charge in [0.25, 0.3) is 0 Å². The summed E-state index contributed by atoms with van der Waals surface area (Å²) >= 11 is 0. The van der Waals surface area contributed by atoms with Gasteiger partial charge in [-0.3, -0.25) is 24.1 Å². The summed E-state index contributed by atoms with van der Waals surface area (Å²) in [6, 6.07) is -1.54. The fraction of sp³-hybridized carbons (Fsp3) is 0.759. The van der Waals surface area contributed by atoms with Gasteiger partial charge >= 0.3 is 0 Å². The number of nitrogens with one attached hydrogen (secondary N) is 7. The topological polar surface area (TPSA) is 172 Å². The SMILES string of the molecule is CCC(C)C(NC(=O)C(C)Cc1cnc[nH]1)C(=O)NC(CC(C)C)C(=O)NCCNC(=O)CN(CCNC)CCNC. The van der Waals surface area contributed by atoms with Crippen molar-refractivity contribution < 1.29 is 19.2 Å². The van der Waals surface area contributed by atoms with Crippen molar-refractivity contribution in [1.29, 1.82) is 0 Å². The van der Waals surface area contributed by atoms with Crippen LogP contribution in [-0.2, 0) is 25.6 Å². The first-order valence-corrected chi connectivity index (χ1v) is 15.2. The molecule has 240 valence electrons. The Balaban J connectivity index is 2.69. The van der Waals surface area contributed by atoms with Gasteiger partial charge in [0.15, 0.2) is 0 Å². The van der Waals surface area contributed by atoms with E-state index in [1.165, 1.54) is 0 Å². The van der Waals surface area contributed by atoms with Crippen molar-refractivity contribution in [3.05, 3.63) is 18.2 Å². The fourth-order valence-electron chi connectivity index (χ4n) is 4.36. The smallest absolute Gasteiger partial charge is 0.243 e. The second-order valence-electron chi connectivity index (χ2n) is 11.4. The molecule has 4 unspecified atom stereocenters. The molecule has 7 N–H and O–H groups in total. The Labute approximate surface area is 251 Å². The van der Waals surface area contributed by atoms with Crippen molar-refractivity contribution in [3.8, 4) is 0 Å². The minimum Gasteiger partial charge on any atom is -0.353 e. The first kappa shape index (κ1) is 37.0. The Kier molecular flexibility index (Phi) is 18.3. The molecule has 0 aliphatic heterocycles. The average Bonchev–Trinajstić information content (AvgIpc) is 3.47. The van der Waals surface area contributed by atoms with Crippen LogP contribution in [0.4, 0.5) is 0 Å². The van der Waals surface area contributed by atoms with Gasteiger partial charge in [-0.1, -0.05) is 41.0 Å². The second-order valence-corrected chi connectivity index (χ2v) is 11.4. The number of carbonyl (C=O) groups is 4. The van der Waals surface area contributed by atoms with E-state index in [1.54, 1.807) is 19.4 Å². The molecule has 13 nitrogen and oxygen atoms in total. The molecule has 0 fully saturated rings. The zero-order chi connectivity index (χ0) is 31.5. The summed E-state index contributed by atoms with van der Waals surface area (Å²) in [6.07, 6.45) is 4.83. The van der Waals surface area contributed by atoms with Gasteiger partial charge in [-0.25, -0.2) is 4.98 Å². The third kappa shape index (κ3) is 14.7. The maximum absolute atomic E-state index is 13.4. The van der Waals surface area contributed by atoms with Gasteiger partial charge in [-0.15, -0.1) is 0 Å². The van der Waals surface area contributed by atoms with Crippen LogP contribution in [0.1, 0.15) is 53.2 Å². The average molecular weight is 594 g/mol. The highest BCUT2D eigenvalue weighted by Crippen LogP contribution is 2.13. The van der Waals surface area contributed by atoms with Gasteiger partial charge in [0.2, 0.25) is 23.6 Å². The highest BCUT2D eigenvalue weighted by molar-refractivity contribution is 5.92. The lowest BCUT2D eigenvalue weighted by Crippen LogP contribution is -2.57. The number of amides is 4. The van der Waals surface area contributed by atoms with Crippen LogP contribution in [-0.4, -0.2) is 110 Å². The summed E-state index contributed by atoms with van der Waals surface area (Å²) in [4.78, 5) is 60.9. The second kappa shape index (κ2) is 20.8. The van der Waals surface area contributed by atoms with Crippen LogP contribution >= 0.6 is 0 Å². The first-order valence-electron chi connectivity index (χ1n) is 15.2. The molecule has 0 aliphatic carbocycles. The van der Waals surface area contributed by atoms with Crippen molar-refractivity contribution in [2.45, 2.75) is 66.0 Å². The monoisotopic (exact) mass is 593 g/mol. The summed E-state index contributed by atoms with van der Waals surface area (Å²) in [6.45, 7) is 13.5. The van der Waals surface area contributed by atoms with Crippen LogP contribution in [0.5, 0.6) is 0 Å². The molecule has 4 atom stereocenters. The predicted octanol–water partition coefficient (Wildman–Crippen LogP) is -0.377. The summed E-state index contributed by atoms with van der Waals surface area (Å²) < 4.78 is 0. The van der Waals surface area contributed by atoms with Gasteiger partial charge in [0.05, 0.1) is 12.9 Å². The molecule has 1 aromatic heterocycles. The van der Waals surface area contributed by atoms with E-state index in [0.717, 1.165) is 31.9 Å². The minimum absolute atomic E-state index is 0.114. The van der Waals surface area contributed by atoms with E-state index in [0.29, 0.717) is 19.3 Å². The maximum Gasteiger partial charge on any atom is 0.243 e. The Bertz CT molecular complexity index is 918. The van der Waals surface area contributed by atoms with Gasteiger partial charge in [0.1, 0.15) is 12.1 Å². The Morgan fingerprint density at radius 2 is 1.52 bits per heavy atom.